The topological polar surface area (TPSA) is 29.1 Å². The van der Waals surface area contributed by atoms with Gasteiger partial charge in [-0.2, -0.15) is 0 Å². The maximum atomic E-state index is 11.8. The Bertz CT molecular complexity index is 366. The first-order chi connectivity index (χ1) is 8.25. The van der Waals surface area contributed by atoms with E-state index in [2.05, 4.69) is 23.7 Å². The molecule has 1 aliphatic rings. The number of carbonyl (C=O) groups is 1. The van der Waals surface area contributed by atoms with E-state index >= 15 is 0 Å². The maximum absolute atomic E-state index is 11.8. The van der Waals surface area contributed by atoms with E-state index in [1.165, 1.54) is 42.5 Å². The zero-order valence-corrected chi connectivity index (χ0v) is 11.3. The summed E-state index contributed by atoms with van der Waals surface area (Å²) >= 11 is 1.72. The van der Waals surface area contributed by atoms with Gasteiger partial charge < -0.3 is 5.32 Å². The van der Waals surface area contributed by atoms with E-state index in [-0.39, 0.29) is 5.91 Å². The minimum Gasteiger partial charge on any atom is -0.351 e. The van der Waals surface area contributed by atoms with Crippen LogP contribution in [0.5, 0.6) is 0 Å². The van der Waals surface area contributed by atoms with Crippen LogP contribution in [0.4, 0.5) is 0 Å². The minimum atomic E-state index is 0.227. The Morgan fingerprint density at radius 1 is 1.41 bits per heavy atom. The van der Waals surface area contributed by atoms with Crippen LogP contribution in [-0.4, -0.2) is 5.91 Å². The van der Waals surface area contributed by atoms with E-state index in [9.17, 15) is 4.79 Å². The second-order valence-corrected chi connectivity index (χ2v) is 6.01. The Balaban J connectivity index is 1.72. The third kappa shape index (κ3) is 3.84. The standard InChI is InChI=1S/C14H21NOS/c1-11-7-8-17-13(11)10-15-14(16)9-12-5-3-2-4-6-12/h7-8,12H,2-6,9-10H2,1H3,(H,15,16). The maximum Gasteiger partial charge on any atom is 0.220 e. The summed E-state index contributed by atoms with van der Waals surface area (Å²) < 4.78 is 0. The van der Waals surface area contributed by atoms with E-state index in [4.69, 9.17) is 0 Å². The highest BCUT2D eigenvalue weighted by atomic mass is 32.1. The Kier molecular flexibility index (Phi) is 4.60. The number of hydrogen-bond donors (Lipinski definition) is 1. The highest BCUT2D eigenvalue weighted by Crippen LogP contribution is 2.26. The van der Waals surface area contributed by atoms with Gasteiger partial charge >= 0.3 is 0 Å². The van der Waals surface area contributed by atoms with E-state index in [1.54, 1.807) is 11.3 Å². The van der Waals surface area contributed by atoms with Crippen molar-refractivity contribution in [2.45, 2.75) is 52.0 Å². The molecule has 2 rings (SSSR count). The van der Waals surface area contributed by atoms with Crippen molar-refractivity contribution in [1.29, 1.82) is 0 Å². The van der Waals surface area contributed by atoms with Crippen LogP contribution in [0.3, 0.4) is 0 Å². The largest absolute Gasteiger partial charge is 0.351 e. The molecule has 0 atom stereocenters. The van der Waals surface area contributed by atoms with Crippen molar-refractivity contribution in [3.8, 4) is 0 Å². The van der Waals surface area contributed by atoms with Gasteiger partial charge in [-0.05, 0) is 42.7 Å². The lowest BCUT2D eigenvalue weighted by Gasteiger charge is -2.20. The fourth-order valence-corrected chi connectivity index (χ4v) is 3.34. The first-order valence-electron chi connectivity index (χ1n) is 6.55. The van der Waals surface area contributed by atoms with Gasteiger partial charge in [0.25, 0.3) is 0 Å². The van der Waals surface area contributed by atoms with Crippen LogP contribution in [0.1, 0.15) is 49.0 Å². The van der Waals surface area contributed by atoms with Crippen LogP contribution in [0, 0.1) is 12.8 Å². The lowest BCUT2D eigenvalue weighted by atomic mass is 9.87. The molecule has 1 N–H and O–H groups in total. The molecule has 94 valence electrons. The van der Waals surface area contributed by atoms with Crippen LogP contribution in [-0.2, 0) is 11.3 Å². The molecular formula is C14H21NOS. The Morgan fingerprint density at radius 3 is 2.82 bits per heavy atom. The monoisotopic (exact) mass is 251 g/mol. The molecule has 2 nitrogen and oxygen atoms in total. The molecule has 0 bridgehead atoms. The third-order valence-corrected chi connectivity index (χ3v) is 4.64. The fourth-order valence-electron chi connectivity index (χ4n) is 2.49. The summed E-state index contributed by atoms with van der Waals surface area (Å²) in [4.78, 5) is 13.1. The van der Waals surface area contributed by atoms with Crippen molar-refractivity contribution in [2.75, 3.05) is 0 Å². The molecule has 1 aromatic heterocycles. The summed E-state index contributed by atoms with van der Waals surface area (Å²) in [7, 11) is 0. The van der Waals surface area contributed by atoms with Crippen LogP contribution in [0.2, 0.25) is 0 Å². The molecule has 1 fully saturated rings. The Hall–Kier alpha value is -0.830. The molecule has 1 aliphatic carbocycles. The van der Waals surface area contributed by atoms with Crippen LogP contribution >= 0.6 is 11.3 Å². The predicted molar refractivity (Wildman–Crippen MR) is 72.1 cm³/mol. The number of aryl methyl sites for hydroxylation is 1. The molecule has 0 unspecified atom stereocenters. The first kappa shape index (κ1) is 12.6. The van der Waals surface area contributed by atoms with Crippen molar-refractivity contribution in [3.63, 3.8) is 0 Å². The number of carbonyl (C=O) groups excluding carboxylic acids is 1. The van der Waals surface area contributed by atoms with E-state index in [0.29, 0.717) is 12.5 Å². The third-order valence-electron chi connectivity index (χ3n) is 3.61. The summed E-state index contributed by atoms with van der Waals surface area (Å²) in [6, 6.07) is 2.10. The molecule has 0 saturated heterocycles. The Labute approximate surface area is 107 Å². The number of amides is 1. The summed E-state index contributed by atoms with van der Waals surface area (Å²) in [6.45, 7) is 2.80. The van der Waals surface area contributed by atoms with Gasteiger partial charge in [0, 0.05) is 11.3 Å². The van der Waals surface area contributed by atoms with Gasteiger partial charge in [0.15, 0.2) is 0 Å². The highest BCUT2D eigenvalue weighted by molar-refractivity contribution is 7.10. The molecule has 17 heavy (non-hydrogen) atoms. The average Bonchev–Trinajstić information content (AvgIpc) is 2.74. The summed E-state index contributed by atoms with van der Waals surface area (Å²) in [6.07, 6.45) is 7.18. The highest BCUT2D eigenvalue weighted by Gasteiger charge is 2.16. The zero-order valence-electron chi connectivity index (χ0n) is 10.5. The van der Waals surface area contributed by atoms with Crippen molar-refractivity contribution in [1.82, 2.24) is 5.32 Å². The Morgan fingerprint density at radius 2 is 2.18 bits per heavy atom. The lowest BCUT2D eigenvalue weighted by Crippen LogP contribution is -2.25. The van der Waals surface area contributed by atoms with Crippen molar-refractivity contribution in [2.24, 2.45) is 5.92 Å². The average molecular weight is 251 g/mol. The van der Waals surface area contributed by atoms with Crippen LogP contribution < -0.4 is 5.32 Å². The smallest absolute Gasteiger partial charge is 0.220 e. The van der Waals surface area contributed by atoms with Crippen molar-refractivity contribution >= 4 is 17.2 Å². The predicted octanol–water partition coefficient (Wildman–Crippen LogP) is 3.64. The van der Waals surface area contributed by atoms with E-state index in [0.717, 1.165) is 6.42 Å². The molecule has 0 spiro atoms. The molecule has 0 radical (unpaired) electrons. The molecule has 0 aliphatic heterocycles. The summed E-state index contributed by atoms with van der Waals surface area (Å²) in [5, 5.41) is 5.13. The molecule has 3 heteroatoms. The summed E-state index contributed by atoms with van der Waals surface area (Å²) in [5.41, 5.74) is 1.29. The normalized spacial score (nSPS) is 17.0. The quantitative estimate of drug-likeness (QED) is 0.869. The van der Waals surface area contributed by atoms with Gasteiger partial charge in [-0.25, -0.2) is 0 Å². The SMILES string of the molecule is Cc1ccsc1CNC(=O)CC1CCCCC1. The molecule has 1 saturated carbocycles. The molecule has 1 amide bonds. The number of nitrogens with one attached hydrogen (secondary N) is 1. The van der Waals surface area contributed by atoms with Crippen molar-refractivity contribution in [3.05, 3.63) is 21.9 Å². The minimum absolute atomic E-state index is 0.227. The molecule has 1 aromatic rings. The fraction of sp³-hybridized carbons (Fsp3) is 0.643. The van der Waals surface area contributed by atoms with Gasteiger partial charge in [-0.15, -0.1) is 11.3 Å². The van der Waals surface area contributed by atoms with Crippen LogP contribution in [0.25, 0.3) is 0 Å². The van der Waals surface area contributed by atoms with E-state index in [1.807, 2.05) is 0 Å². The van der Waals surface area contributed by atoms with Gasteiger partial charge in [0.1, 0.15) is 0 Å². The molecule has 0 aromatic carbocycles. The first-order valence-corrected chi connectivity index (χ1v) is 7.43. The second kappa shape index (κ2) is 6.20. The summed E-state index contributed by atoms with van der Waals surface area (Å²) in [5.74, 6) is 0.859. The van der Waals surface area contributed by atoms with Gasteiger partial charge in [-0.3, -0.25) is 4.79 Å². The molecular weight excluding hydrogens is 230 g/mol. The van der Waals surface area contributed by atoms with Gasteiger partial charge in [-0.1, -0.05) is 19.3 Å². The second-order valence-electron chi connectivity index (χ2n) is 5.01. The number of rotatable bonds is 4. The van der Waals surface area contributed by atoms with Gasteiger partial charge in [0.2, 0.25) is 5.91 Å². The van der Waals surface area contributed by atoms with Crippen molar-refractivity contribution < 1.29 is 4.79 Å². The van der Waals surface area contributed by atoms with Gasteiger partial charge in [0.05, 0.1) is 6.54 Å². The van der Waals surface area contributed by atoms with E-state index < -0.39 is 0 Å². The van der Waals surface area contributed by atoms with Crippen LogP contribution in [0.15, 0.2) is 11.4 Å². The zero-order chi connectivity index (χ0) is 12.1. The molecule has 1 heterocycles. The lowest BCUT2D eigenvalue weighted by molar-refractivity contribution is -0.122. The number of thiophene rings is 1. The number of hydrogen-bond acceptors (Lipinski definition) is 2.